The van der Waals surface area contributed by atoms with E-state index in [1.54, 1.807) is 6.07 Å². The lowest BCUT2D eigenvalue weighted by Gasteiger charge is -2.34. The van der Waals surface area contributed by atoms with E-state index in [9.17, 15) is 15.0 Å². The Hall–Kier alpha value is -2.16. The molecule has 0 spiro atoms. The van der Waals surface area contributed by atoms with E-state index in [1.807, 2.05) is 7.05 Å². The molecule has 1 fully saturated rings. The zero-order chi connectivity index (χ0) is 20.4. The minimum atomic E-state index is -0.622. The van der Waals surface area contributed by atoms with Gasteiger partial charge in [0.15, 0.2) is 10.5 Å². The van der Waals surface area contributed by atoms with Gasteiger partial charge < -0.3 is 29.0 Å². The van der Waals surface area contributed by atoms with E-state index in [0.717, 1.165) is 6.54 Å². The average molecular weight is 407 g/mol. The SMILES string of the molecule is COc1cc(OC)c2c(=O)cc(CCC(O)=S)oc2c1C1CCN(C)CC1O. The highest BCUT2D eigenvalue weighted by atomic mass is 32.1. The number of hydrogen-bond donors (Lipinski definition) is 2. The molecule has 2 heterocycles. The van der Waals surface area contributed by atoms with Crippen LogP contribution in [0.3, 0.4) is 0 Å². The average Bonchev–Trinajstić information content (AvgIpc) is 2.65. The van der Waals surface area contributed by atoms with Crippen molar-refractivity contribution in [3.63, 3.8) is 0 Å². The summed E-state index contributed by atoms with van der Waals surface area (Å²) in [7, 11) is 4.98. The molecule has 2 atom stereocenters. The normalized spacial score (nSPS) is 20.3. The summed E-state index contributed by atoms with van der Waals surface area (Å²) >= 11 is 4.72. The van der Waals surface area contributed by atoms with Crippen LogP contribution in [-0.2, 0) is 6.42 Å². The van der Waals surface area contributed by atoms with Gasteiger partial charge in [0.05, 0.1) is 20.3 Å². The molecule has 152 valence electrons. The number of benzene rings is 1. The van der Waals surface area contributed by atoms with Crippen molar-refractivity contribution in [3.8, 4) is 11.5 Å². The van der Waals surface area contributed by atoms with Gasteiger partial charge in [-0.1, -0.05) is 0 Å². The van der Waals surface area contributed by atoms with E-state index in [0.29, 0.717) is 53.2 Å². The Labute approximate surface area is 168 Å². The molecule has 0 aliphatic carbocycles. The predicted octanol–water partition coefficient (Wildman–Crippen LogP) is 2.41. The highest BCUT2D eigenvalue weighted by Gasteiger charge is 2.33. The molecule has 2 N–H and O–H groups in total. The monoisotopic (exact) mass is 407 g/mol. The first-order chi connectivity index (χ1) is 13.3. The smallest absolute Gasteiger partial charge is 0.196 e. The Bertz CT molecular complexity index is 940. The molecule has 3 rings (SSSR count). The van der Waals surface area contributed by atoms with Gasteiger partial charge in [-0.2, -0.15) is 0 Å². The molecular formula is C20H25NO6S. The Balaban J connectivity index is 2.24. The van der Waals surface area contributed by atoms with Gasteiger partial charge in [-0.05, 0) is 32.2 Å². The van der Waals surface area contributed by atoms with E-state index in [2.05, 4.69) is 4.90 Å². The molecule has 2 unspecified atom stereocenters. The van der Waals surface area contributed by atoms with Gasteiger partial charge in [0.2, 0.25) is 0 Å². The minimum Gasteiger partial charge on any atom is -0.502 e. The predicted molar refractivity (Wildman–Crippen MR) is 110 cm³/mol. The van der Waals surface area contributed by atoms with Crippen molar-refractivity contribution in [3.05, 3.63) is 33.7 Å². The van der Waals surface area contributed by atoms with Crippen LogP contribution < -0.4 is 14.9 Å². The molecule has 28 heavy (non-hydrogen) atoms. The number of aliphatic hydroxyl groups excluding tert-OH is 2. The van der Waals surface area contributed by atoms with Crippen LogP contribution in [0.15, 0.2) is 21.3 Å². The van der Waals surface area contributed by atoms with Crippen LogP contribution in [0.1, 0.15) is 30.1 Å². The number of fused-ring (bicyclic) bond motifs is 1. The second-order valence-electron chi connectivity index (χ2n) is 7.09. The Morgan fingerprint density at radius 2 is 2.04 bits per heavy atom. The number of ether oxygens (including phenoxy) is 2. The van der Waals surface area contributed by atoms with Crippen molar-refractivity contribution in [1.82, 2.24) is 4.90 Å². The van der Waals surface area contributed by atoms with Crippen molar-refractivity contribution in [1.29, 1.82) is 0 Å². The topological polar surface area (TPSA) is 92.4 Å². The third-order valence-corrected chi connectivity index (χ3v) is 5.40. The van der Waals surface area contributed by atoms with Gasteiger partial charge in [0.1, 0.15) is 28.2 Å². The van der Waals surface area contributed by atoms with Gasteiger partial charge in [0.25, 0.3) is 0 Å². The number of methoxy groups -OCH3 is 2. The second kappa shape index (κ2) is 8.46. The maximum absolute atomic E-state index is 12.8. The van der Waals surface area contributed by atoms with E-state index in [1.165, 1.54) is 20.3 Å². The van der Waals surface area contributed by atoms with Crippen molar-refractivity contribution in [2.75, 3.05) is 34.4 Å². The van der Waals surface area contributed by atoms with Crippen molar-refractivity contribution < 1.29 is 24.1 Å². The summed E-state index contributed by atoms with van der Waals surface area (Å²) in [6.45, 7) is 1.32. The van der Waals surface area contributed by atoms with Crippen LogP contribution in [0.2, 0.25) is 0 Å². The number of likely N-dealkylation sites (N-methyl/N-ethyl adjacent to an activating group) is 1. The molecule has 1 aromatic carbocycles. The van der Waals surface area contributed by atoms with Crippen LogP contribution >= 0.6 is 12.2 Å². The third-order valence-electron chi connectivity index (χ3n) is 5.20. The highest BCUT2D eigenvalue weighted by molar-refractivity contribution is 7.80. The van der Waals surface area contributed by atoms with Crippen molar-refractivity contribution in [2.24, 2.45) is 0 Å². The number of likely N-dealkylation sites (tertiary alicyclic amines) is 1. The molecule has 1 aliphatic rings. The lowest BCUT2D eigenvalue weighted by atomic mass is 9.85. The Morgan fingerprint density at radius 1 is 1.32 bits per heavy atom. The summed E-state index contributed by atoms with van der Waals surface area (Å²) in [4.78, 5) is 14.9. The fraction of sp³-hybridized carbons (Fsp3) is 0.500. The number of hydrogen-bond acceptors (Lipinski definition) is 7. The summed E-state index contributed by atoms with van der Waals surface area (Å²) < 4.78 is 17.1. The molecule has 2 aromatic rings. The maximum atomic E-state index is 12.8. The maximum Gasteiger partial charge on any atom is 0.196 e. The number of piperidine rings is 1. The zero-order valence-electron chi connectivity index (χ0n) is 16.2. The van der Waals surface area contributed by atoms with Crippen molar-refractivity contribution in [2.45, 2.75) is 31.3 Å². The molecule has 0 amide bonds. The van der Waals surface area contributed by atoms with Crippen LogP contribution in [0.25, 0.3) is 11.0 Å². The molecule has 7 nitrogen and oxygen atoms in total. The van der Waals surface area contributed by atoms with Crippen LogP contribution in [-0.4, -0.2) is 60.6 Å². The zero-order valence-corrected chi connectivity index (χ0v) is 17.0. The molecule has 0 radical (unpaired) electrons. The molecule has 1 aliphatic heterocycles. The van der Waals surface area contributed by atoms with Crippen LogP contribution in [0, 0.1) is 0 Å². The van der Waals surface area contributed by atoms with E-state index < -0.39 is 6.10 Å². The van der Waals surface area contributed by atoms with Crippen LogP contribution in [0.5, 0.6) is 11.5 Å². The molecule has 1 aromatic heterocycles. The number of β-amino-alcohol motifs (C(OH)–C–C–N with tert-alkyl or cyclic N) is 1. The molecule has 0 bridgehead atoms. The standard InChI is InChI=1S/C20H25NO6S/c1-21-7-6-12(14(23)10-21)18-15(25-2)9-16(26-3)19-13(22)8-11(27-20(18)19)4-5-17(24)28/h8-9,12,14,23H,4-7,10H2,1-3H3,(H,24,28). The Kier molecular flexibility index (Phi) is 6.22. The number of aryl methyl sites for hydroxylation is 1. The van der Waals surface area contributed by atoms with E-state index in [4.69, 9.17) is 26.1 Å². The number of thiocarbonyl (C=S) groups is 1. The lowest BCUT2D eigenvalue weighted by molar-refractivity contribution is 0.0630. The third kappa shape index (κ3) is 3.99. The fourth-order valence-electron chi connectivity index (χ4n) is 3.81. The minimum absolute atomic E-state index is 0.142. The summed E-state index contributed by atoms with van der Waals surface area (Å²) in [5.41, 5.74) is 0.781. The first kappa shape index (κ1) is 20.6. The highest BCUT2D eigenvalue weighted by Crippen LogP contribution is 2.42. The summed E-state index contributed by atoms with van der Waals surface area (Å²) in [6.07, 6.45) is 0.597. The van der Waals surface area contributed by atoms with Gasteiger partial charge in [-0.3, -0.25) is 4.79 Å². The van der Waals surface area contributed by atoms with Crippen molar-refractivity contribution >= 4 is 28.2 Å². The largest absolute Gasteiger partial charge is 0.502 e. The fourth-order valence-corrected chi connectivity index (χ4v) is 3.91. The first-order valence-corrected chi connectivity index (χ1v) is 9.56. The molecule has 1 saturated heterocycles. The number of aliphatic hydroxyl groups is 2. The second-order valence-corrected chi connectivity index (χ2v) is 7.57. The summed E-state index contributed by atoms with van der Waals surface area (Å²) in [5, 5.41) is 20.2. The van der Waals surface area contributed by atoms with E-state index >= 15 is 0 Å². The van der Waals surface area contributed by atoms with Crippen LogP contribution in [0.4, 0.5) is 0 Å². The van der Waals surface area contributed by atoms with Gasteiger partial charge >= 0.3 is 0 Å². The van der Waals surface area contributed by atoms with Gasteiger partial charge in [-0.25, -0.2) is 0 Å². The van der Waals surface area contributed by atoms with Gasteiger partial charge in [-0.15, -0.1) is 0 Å². The van der Waals surface area contributed by atoms with E-state index in [-0.39, 0.29) is 22.8 Å². The first-order valence-electron chi connectivity index (χ1n) is 9.15. The number of nitrogens with zero attached hydrogens (tertiary/aromatic N) is 1. The quantitative estimate of drug-likeness (QED) is 0.706. The number of rotatable bonds is 6. The van der Waals surface area contributed by atoms with Gasteiger partial charge in [0, 0.05) is 43.0 Å². The summed E-state index contributed by atoms with van der Waals surface area (Å²) in [6, 6.07) is 3.06. The summed E-state index contributed by atoms with van der Waals surface area (Å²) in [5.74, 6) is 1.04. The lowest BCUT2D eigenvalue weighted by Crippen LogP contribution is -2.40. The molecule has 8 heteroatoms. The Morgan fingerprint density at radius 3 is 2.64 bits per heavy atom. The molecular weight excluding hydrogens is 382 g/mol. The molecule has 0 saturated carbocycles.